The number of nitrogens with zero attached hydrogens (tertiary/aromatic N) is 2. The molecule has 0 fully saturated rings. The van der Waals surface area contributed by atoms with Crippen molar-refractivity contribution in [1.82, 2.24) is 9.97 Å². The Hall–Kier alpha value is -3.70. The first kappa shape index (κ1) is 22.5. The number of sulfonamides is 1. The minimum absolute atomic E-state index is 0.196. The van der Waals surface area contributed by atoms with Gasteiger partial charge in [0.25, 0.3) is 10.0 Å². The summed E-state index contributed by atoms with van der Waals surface area (Å²) in [6.07, 6.45) is 5.91. The van der Waals surface area contributed by atoms with Crippen LogP contribution in [0.3, 0.4) is 0 Å². The summed E-state index contributed by atoms with van der Waals surface area (Å²) in [7, 11) is -4.26. The summed E-state index contributed by atoms with van der Waals surface area (Å²) in [5.41, 5.74) is 0.722. The largest absolute Gasteiger partial charge is 0.478 e. The van der Waals surface area contributed by atoms with Crippen LogP contribution in [0.4, 0.5) is 14.5 Å². The van der Waals surface area contributed by atoms with Crippen LogP contribution >= 0.6 is 0 Å². The second-order valence-corrected chi connectivity index (χ2v) is 8.78. The van der Waals surface area contributed by atoms with E-state index in [1.807, 2.05) is 10.8 Å². The number of carboxylic acids is 1. The zero-order valence-electron chi connectivity index (χ0n) is 17.0. The van der Waals surface area contributed by atoms with Gasteiger partial charge < -0.3 is 9.84 Å². The van der Waals surface area contributed by atoms with Gasteiger partial charge in [0.05, 0.1) is 29.4 Å². The standard InChI is InChI=1S/C22H17F2N3O5S/c23-18-10-20(19(24)9-17(18)22(28)29)27-33(30,31)16-3-1-13(2-4-16)15-11-25-21(26-12-15)14-5-7-32-8-6-14/h1-5,9-12,27H,6-8H2,(H,28,29). The molecule has 1 aromatic heterocycles. The van der Waals surface area contributed by atoms with Crippen LogP contribution in [0, 0.1) is 11.6 Å². The van der Waals surface area contributed by atoms with E-state index in [0.29, 0.717) is 42.3 Å². The van der Waals surface area contributed by atoms with Gasteiger partial charge in [0, 0.05) is 24.0 Å². The lowest BCUT2D eigenvalue weighted by Crippen LogP contribution is -2.15. The lowest BCUT2D eigenvalue weighted by molar-refractivity contribution is 0.0691. The molecule has 11 heteroatoms. The average molecular weight is 473 g/mol. The van der Waals surface area contributed by atoms with Gasteiger partial charge in [0.1, 0.15) is 11.6 Å². The maximum Gasteiger partial charge on any atom is 0.338 e. The molecule has 0 aliphatic carbocycles. The molecule has 2 heterocycles. The van der Waals surface area contributed by atoms with Gasteiger partial charge in [-0.15, -0.1) is 0 Å². The van der Waals surface area contributed by atoms with E-state index >= 15 is 0 Å². The SMILES string of the molecule is O=C(O)c1cc(F)c(NS(=O)(=O)c2ccc(-c3cnc(C4=CCOCC4)nc3)cc2)cc1F. The lowest BCUT2D eigenvalue weighted by atomic mass is 10.1. The number of hydrogen-bond acceptors (Lipinski definition) is 6. The van der Waals surface area contributed by atoms with Gasteiger partial charge in [-0.05, 0) is 35.8 Å². The fourth-order valence-corrected chi connectivity index (χ4v) is 4.25. The third-order valence-electron chi connectivity index (χ3n) is 4.93. The predicted octanol–water partition coefficient (Wildman–Crippen LogP) is 3.72. The van der Waals surface area contributed by atoms with Gasteiger partial charge in [0.2, 0.25) is 0 Å². The van der Waals surface area contributed by atoms with Crippen molar-refractivity contribution in [2.24, 2.45) is 0 Å². The summed E-state index contributed by atoms with van der Waals surface area (Å²) >= 11 is 0. The molecule has 0 spiro atoms. The highest BCUT2D eigenvalue weighted by atomic mass is 32.2. The number of aromatic nitrogens is 2. The highest BCUT2D eigenvalue weighted by molar-refractivity contribution is 7.92. The Balaban J connectivity index is 1.53. The molecular formula is C22H17F2N3O5S. The highest BCUT2D eigenvalue weighted by Crippen LogP contribution is 2.25. The Morgan fingerprint density at radius 1 is 1.03 bits per heavy atom. The molecule has 2 aromatic carbocycles. The molecule has 0 amide bonds. The Labute approximate surface area is 187 Å². The molecule has 2 N–H and O–H groups in total. The molecule has 0 bridgehead atoms. The maximum absolute atomic E-state index is 14.1. The number of rotatable bonds is 6. The first-order chi connectivity index (χ1) is 15.7. The van der Waals surface area contributed by atoms with E-state index in [-0.39, 0.29) is 4.90 Å². The van der Waals surface area contributed by atoms with Crippen LogP contribution in [0.15, 0.2) is 59.8 Å². The molecule has 1 aliphatic rings. The van der Waals surface area contributed by atoms with E-state index in [2.05, 4.69) is 9.97 Å². The number of anilines is 1. The third-order valence-corrected chi connectivity index (χ3v) is 6.31. The topological polar surface area (TPSA) is 118 Å². The fraction of sp³-hybridized carbons (Fsp3) is 0.136. The van der Waals surface area contributed by atoms with Crippen LogP contribution in [-0.2, 0) is 14.8 Å². The fourth-order valence-electron chi connectivity index (χ4n) is 3.19. The minimum atomic E-state index is -4.26. The quantitative estimate of drug-likeness (QED) is 0.560. The van der Waals surface area contributed by atoms with Crippen molar-refractivity contribution >= 4 is 27.3 Å². The van der Waals surface area contributed by atoms with Crippen LogP contribution in [0.25, 0.3) is 16.7 Å². The van der Waals surface area contributed by atoms with Gasteiger partial charge in [-0.2, -0.15) is 0 Å². The van der Waals surface area contributed by atoms with Gasteiger partial charge in [-0.1, -0.05) is 18.2 Å². The number of ether oxygens (including phenoxy) is 1. The van der Waals surface area contributed by atoms with E-state index < -0.39 is 38.9 Å². The molecule has 0 atom stereocenters. The summed E-state index contributed by atoms with van der Waals surface area (Å²) in [6, 6.07) is 6.56. The van der Waals surface area contributed by atoms with Crippen molar-refractivity contribution in [3.8, 4) is 11.1 Å². The van der Waals surface area contributed by atoms with Crippen LogP contribution in [0.1, 0.15) is 22.6 Å². The summed E-state index contributed by atoms with van der Waals surface area (Å²) in [4.78, 5) is 19.4. The van der Waals surface area contributed by atoms with Crippen molar-refractivity contribution in [1.29, 1.82) is 0 Å². The summed E-state index contributed by atoms with van der Waals surface area (Å²) in [5, 5.41) is 8.83. The van der Waals surface area contributed by atoms with Gasteiger partial charge in [-0.25, -0.2) is 32.0 Å². The molecule has 8 nitrogen and oxygen atoms in total. The summed E-state index contributed by atoms with van der Waals surface area (Å²) in [5.74, 6) is -3.55. The van der Waals surface area contributed by atoms with Crippen LogP contribution in [-0.4, -0.2) is 42.7 Å². The van der Waals surface area contributed by atoms with Crippen molar-refractivity contribution < 1.29 is 31.8 Å². The molecule has 0 saturated heterocycles. The molecule has 0 radical (unpaired) electrons. The van der Waals surface area contributed by atoms with Crippen molar-refractivity contribution in [3.63, 3.8) is 0 Å². The average Bonchev–Trinajstić information content (AvgIpc) is 2.81. The smallest absolute Gasteiger partial charge is 0.338 e. The molecule has 0 unspecified atom stereocenters. The number of hydrogen-bond donors (Lipinski definition) is 2. The van der Waals surface area contributed by atoms with Gasteiger partial charge >= 0.3 is 5.97 Å². The van der Waals surface area contributed by atoms with E-state index in [1.54, 1.807) is 12.4 Å². The van der Waals surface area contributed by atoms with Crippen LogP contribution < -0.4 is 4.72 Å². The first-order valence-electron chi connectivity index (χ1n) is 9.69. The Bertz CT molecular complexity index is 1340. The van der Waals surface area contributed by atoms with Crippen molar-refractivity contribution in [2.45, 2.75) is 11.3 Å². The van der Waals surface area contributed by atoms with E-state index in [1.165, 1.54) is 24.3 Å². The maximum atomic E-state index is 14.1. The Morgan fingerprint density at radius 3 is 2.33 bits per heavy atom. The molecule has 0 saturated carbocycles. The van der Waals surface area contributed by atoms with Crippen molar-refractivity contribution in [2.75, 3.05) is 17.9 Å². The number of carboxylic acid groups (broad SMARTS) is 1. The predicted molar refractivity (Wildman–Crippen MR) is 115 cm³/mol. The number of benzene rings is 2. The molecular weight excluding hydrogens is 456 g/mol. The molecule has 33 heavy (non-hydrogen) atoms. The van der Waals surface area contributed by atoms with Crippen molar-refractivity contribution in [3.05, 3.63) is 77.9 Å². The Morgan fingerprint density at radius 2 is 1.73 bits per heavy atom. The normalized spacial score (nSPS) is 13.9. The lowest BCUT2D eigenvalue weighted by Gasteiger charge is -2.12. The molecule has 3 aromatic rings. The zero-order valence-corrected chi connectivity index (χ0v) is 17.8. The number of aromatic carboxylic acids is 1. The molecule has 4 rings (SSSR count). The molecule has 1 aliphatic heterocycles. The summed E-state index contributed by atoms with van der Waals surface area (Å²) in [6.45, 7) is 1.13. The monoisotopic (exact) mass is 473 g/mol. The summed E-state index contributed by atoms with van der Waals surface area (Å²) < 4.78 is 60.3. The number of halogens is 2. The number of carbonyl (C=O) groups is 1. The third kappa shape index (κ3) is 4.89. The van der Waals surface area contributed by atoms with Crippen LogP contribution in [0.5, 0.6) is 0 Å². The highest BCUT2D eigenvalue weighted by Gasteiger charge is 2.20. The zero-order chi connectivity index (χ0) is 23.6. The van der Waals surface area contributed by atoms with E-state index in [0.717, 1.165) is 12.0 Å². The second kappa shape index (κ2) is 9.04. The first-order valence-corrected chi connectivity index (χ1v) is 11.2. The Kier molecular flexibility index (Phi) is 6.16. The second-order valence-electron chi connectivity index (χ2n) is 7.10. The minimum Gasteiger partial charge on any atom is -0.478 e. The van der Waals surface area contributed by atoms with Crippen LogP contribution in [0.2, 0.25) is 0 Å². The van der Waals surface area contributed by atoms with E-state index in [4.69, 9.17) is 9.84 Å². The van der Waals surface area contributed by atoms with E-state index in [9.17, 15) is 22.0 Å². The van der Waals surface area contributed by atoms with Gasteiger partial charge in [0.15, 0.2) is 5.82 Å². The number of nitrogens with one attached hydrogen (secondary N) is 1. The van der Waals surface area contributed by atoms with Gasteiger partial charge in [-0.3, -0.25) is 4.72 Å². The molecule has 170 valence electrons.